The molecule has 0 saturated heterocycles. The molecule has 0 spiro atoms. The van der Waals surface area contributed by atoms with Crippen molar-refractivity contribution in [3.05, 3.63) is 75.8 Å². The Bertz CT molecular complexity index is 848. The van der Waals surface area contributed by atoms with Gasteiger partial charge in [0.25, 0.3) is 5.69 Å². The van der Waals surface area contributed by atoms with Gasteiger partial charge in [-0.3, -0.25) is 19.7 Å². The normalized spacial score (nSPS) is 12.7. The topological polar surface area (TPSA) is 113 Å². The maximum atomic E-state index is 12.4. The van der Waals surface area contributed by atoms with Gasteiger partial charge < -0.3 is 14.3 Å². The van der Waals surface area contributed by atoms with Crippen molar-refractivity contribution in [2.45, 2.75) is 12.3 Å². The summed E-state index contributed by atoms with van der Waals surface area (Å²) >= 11 is 0. The highest BCUT2D eigenvalue weighted by Crippen LogP contribution is 2.36. The number of hydrogen-bond donors (Lipinski definition) is 0. The second kappa shape index (κ2) is 10.1. The lowest BCUT2D eigenvalue weighted by atomic mass is 9.74. The minimum atomic E-state index is -1.40. The molecule has 0 N–H and O–H groups in total. The summed E-state index contributed by atoms with van der Waals surface area (Å²) in [5.41, 5.74) is 1.11. The average Bonchev–Trinajstić information content (AvgIpc) is 2.75. The van der Waals surface area contributed by atoms with Gasteiger partial charge in [0.15, 0.2) is 5.92 Å². The fraction of sp³-hybridized carbons (Fsp3) is 0.286. The lowest BCUT2D eigenvalue weighted by Gasteiger charge is -2.28. The van der Waals surface area contributed by atoms with Gasteiger partial charge in [0.2, 0.25) is 0 Å². The SMILES string of the molecule is COC(=O)C(C(=O)OC)[C@H](c1ccc([N+](=O)[O-])cc1)[C@H](C=O)Cc1ccccc1. The summed E-state index contributed by atoms with van der Waals surface area (Å²) in [5.74, 6) is -4.79. The van der Waals surface area contributed by atoms with Crippen molar-refractivity contribution in [2.75, 3.05) is 14.2 Å². The molecule has 0 bridgehead atoms. The Balaban J connectivity index is 2.55. The number of carbonyl (C=O) groups is 3. The molecule has 2 aromatic rings. The lowest BCUT2D eigenvalue weighted by molar-refractivity contribution is -0.384. The summed E-state index contributed by atoms with van der Waals surface area (Å²) in [5, 5.41) is 11.0. The number of hydrogen-bond acceptors (Lipinski definition) is 7. The molecule has 0 aliphatic carbocycles. The van der Waals surface area contributed by atoms with Crippen LogP contribution in [0.3, 0.4) is 0 Å². The van der Waals surface area contributed by atoms with E-state index in [9.17, 15) is 24.5 Å². The van der Waals surface area contributed by atoms with E-state index < -0.39 is 34.6 Å². The van der Waals surface area contributed by atoms with Crippen LogP contribution in [0, 0.1) is 22.0 Å². The number of nitrogens with zero attached hydrogens (tertiary/aromatic N) is 1. The first-order chi connectivity index (χ1) is 13.9. The molecule has 2 rings (SSSR count). The van der Waals surface area contributed by atoms with Crippen LogP contribution >= 0.6 is 0 Å². The van der Waals surface area contributed by atoms with Crippen molar-refractivity contribution in [3.63, 3.8) is 0 Å². The standard InChI is InChI=1S/C21H21NO7/c1-28-20(24)19(21(25)29-2)18(15-8-10-17(11-9-15)22(26)27)16(13-23)12-14-6-4-3-5-7-14/h3-11,13,16,18-19H,12H2,1-2H3/t16-,18+/m0/s1. The molecule has 0 aromatic heterocycles. The number of ether oxygens (including phenoxy) is 2. The Morgan fingerprint density at radius 2 is 1.55 bits per heavy atom. The maximum Gasteiger partial charge on any atom is 0.320 e. The van der Waals surface area contributed by atoms with Gasteiger partial charge in [0, 0.05) is 24.0 Å². The molecule has 29 heavy (non-hydrogen) atoms. The van der Waals surface area contributed by atoms with E-state index >= 15 is 0 Å². The van der Waals surface area contributed by atoms with Gasteiger partial charge in [0.05, 0.1) is 19.1 Å². The number of nitro benzene ring substituents is 1. The van der Waals surface area contributed by atoms with Crippen LogP contribution in [0.4, 0.5) is 5.69 Å². The first-order valence-corrected chi connectivity index (χ1v) is 8.82. The van der Waals surface area contributed by atoms with E-state index in [2.05, 4.69) is 0 Å². The number of aldehydes is 1. The minimum Gasteiger partial charge on any atom is -0.468 e. The molecule has 152 valence electrons. The summed E-state index contributed by atoms with van der Waals surface area (Å²) in [4.78, 5) is 47.3. The largest absolute Gasteiger partial charge is 0.468 e. The Morgan fingerprint density at radius 3 is 2.00 bits per heavy atom. The van der Waals surface area contributed by atoms with Crippen LogP contribution in [0.15, 0.2) is 54.6 Å². The Morgan fingerprint density at radius 1 is 1.00 bits per heavy atom. The predicted molar refractivity (Wildman–Crippen MR) is 103 cm³/mol. The lowest BCUT2D eigenvalue weighted by Crippen LogP contribution is -2.37. The Hall–Kier alpha value is -3.55. The van der Waals surface area contributed by atoms with E-state index in [4.69, 9.17) is 9.47 Å². The van der Waals surface area contributed by atoms with Gasteiger partial charge in [-0.2, -0.15) is 0 Å². The summed E-state index contributed by atoms with van der Waals surface area (Å²) in [7, 11) is 2.27. The van der Waals surface area contributed by atoms with Crippen molar-refractivity contribution in [2.24, 2.45) is 11.8 Å². The summed E-state index contributed by atoms with van der Waals surface area (Å²) in [6.45, 7) is 0. The van der Waals surface area contributed by atoms with E-state index in [1.807, 2.05) is 30.3 Å². The van der Waals surface area contributed by atoms with Gasteiger partial charge in [-0.05, 0) is 17.5 Å². The highest BCUT2D eigenvalue weighted by atomic mass is 16.6. The van der Waals surface area contributed by atoms with Crippen LogP contribution in [0.1, 0.15) is 17.0 Å². The Kier molecular flexibility index (Phi) is 7.59. The third kappa shape index (κ3) is 5.25. The van der Waals surface area contributed by atoms with E-state index in [0.717, 1.165) is 19.8 Å². The quantitative estimate of drug-likeness (QED) is 0.209. The van der Waals surface area contributed by atoms with Crippen LogP contribution in [-0.2, 0) is 30.3 Å². The zero-order chi connectivity index (χ0) is 21.4. The number of rotatable bonds is 9. The Labute approximate surface area is 167 Å². The van der Waals surface area contributed by atoms with E-state index in [-0.39, 0.29) is 12.1 Å². The number of esters is 2. The molecule has 0 amide bonds. The molecular formula is C21H21NO7. The van der Waals surface area contributed by atoms with Crippen molar-refractivity contribution in [1.29, 1.82) is 0 Å². The number of methoxy groups -OCH3 is 2. The zero-order valence-electron chi connectivity index (χ0n) is 16.0. The number of nitro groups is 1. The summed E-state index contributed by atoms with van der Waals surface area (Å²) in [6, 6.07) is 14.5. The van der Waals surface area contributed by atoms with Gasteiger partial charge in [0.1, 0.15) is 6.29 Å². The number of benzene rings is 2. The zero-order valence-corrected chi connectivity index (χ0v) is 16.0. The molecular weight excluding hydrogens is 378 g/mol. The monoisotopic (exact) mass is 399 g/mol. The first-order valence-electron chi connectivity index (χ1n) is 8.82. The van der Waals surface area contributed by atoms with E-state index in [1.165, 1.54) is 24.3 Å². The van der Waals surface area contributed by atoms with E-state index in [1.54, 1.807) is 0 Å². The molecule has 0 unspecified atom stereocenters. The highest BCUT2D eigenvalue weighted by molar-refractivity contribution is 5.96. The van der Waals surface area contributed by atoms with Gasteiger partial charge in [-0.25, -0.2) is 0 Å². The third-order valence-electron chi connectivity index (χ3n) is 4.71. The molecule has 2 aromatic carbocycles. The average molecular weight is 399 g/mol. The molecule has 0 radical (unpaired) electrons. The molecule has 0 aliphatic rings. The molecule has 8 nitrogen and oxygen atoms in total. The van der Waals surface area contributed by atoms with Crippen molar-refractivity contribution < 1.29 is 28.8 Å². The fourth-order valence-corrected chi connectivity index (χ4v) is 3.29. The second-order valence-electron chi connectivity index (χ2n) is 6.39. The van der Waals surface area contributed by atoms with Crippen LogP contribution in [0.25, 0.3) is 0 Å². The maximum absolute atomic E-state index is 12.4. The number of non-ortho nitro benzene ring substituents is 1. The first kappa shape index (κ1) is 21.7. The van der Waals surface area contributed by atoms with Crippen LogP contribution in [0.2, 0.25) is 0 Å². The molecule has 0 aliphatic heterocycles. The molecule has 2 atom stereocenters. The van der Waals surface area contributed by atoms with Crippen LogP contribution in [-0.4, -0.2) is 37.4 Å². The molecule has 8 heteroatoms. The van der Waals surface area contributed by atoms with Gasteiger partial charge >= 0.3 is 11.9 Å². The summed E-state index contributed by atoms with van der Waals surface area (Å²) in [6.07, 6.45) is 0.939. The van der Waals surface area contributed by atoms with Gasteiger partial charge in [-0.1, -0.05) is 42.5 Å². The molecule has 0 saturated carbocycles. The van der Waals surface area contributed by atoms with Crippen molar-refractivity contribution in [1.82, 2.24) is 0 Å². The number of carbonyl (C=O) groups excluding carboxylic acids is 3. The minimum absolute atomic E-state index is 0.147. The fourth-order valence-electron chi connectivity index (χ4n) is 3.29. The van der Waals surface area contributed by atoms with Crippen LogP contribution in [0.5, 0.6) is 0 Å². The molecule has 0 fully saturated rings. The van der Waals surface area contributed by atoms with Gasteiger partial charge in [-0.15, -0.1) is 0 Å². The van der Waals surface area contributed by atoms with Crippen LogP contribution < -0.4 is 0 Å². The smallest absolute Gasteiger partial charge is 0.320 e. The summed E-state index contributed by atoms with van der Waals surface area (Å²) < 4.78 is 9.56. The molecule has 0 heterocycles. The van der Waals surface area contributed by atoms with E-state index in [0.29, 0.717) is 11.8 Å². The third-order valence-corrected chi connectivity index (χ3v) is 4.71. The van der Waals surface area contributed by atoms with Crippen molar-refractivity contribution in [3.8, 4) is 0 Å². The second-order valence-corrected chi connectivity index (χ2v) is 6.39. The van der Waals surface area contributed by atoms with Crippen molar-refractivity contribution >= 4 is 23.9 Å². The predicted octanol–water partition coefficient (Wildman–Crippen LogP) is 2.70. The highest BCUT2D eigenvalue weighted by Gasteiger charge is 2.42.